The predicted molar refractivity (Wildman–Crippen MR) is 75.3 cm³/mol. The second-order valence-electron chi connectivity index (χ2n) is 6.20. The fraction of sp³-hybridized carbons (Fsp3) is 0.938. The molecule has 18 heavy (non-hydrogen) atoms. The molecule has 0 aromatic rings. The van der Waals surface area contributed by atoms with Gasteiger partial charge in [-0.05, 0) is 31.1 Å². The van der Waals surface area contributed by atoms with Gasteiger partial charge in [0.2, 0.25) is 5.91 Å². The van der Waals surface area contributed by atoms with E-state index in [0.717, 1.165) is 24.8 Å². The van der Waals surface area contributed by atoms with Crippen molar-refractivity contribution in [3.8, 4) is 0 Å². The molecule has 2 heteroatoms. The molecule has 1 N–H and O–H groups in total. The maximum Gasteiger partial charge on any atom is 0.223 e. The predicted octanol–water partition coefficient (Wildman–Crippen LogP) is 3.90. The molecule has 2 rings (SSSR count). The Hall–Kier alpha value is -0.530. The Kier molecular flexibility index (Phi) is 5.52. The Morgan fingerprint density at radius 1 is 1.00 bits per heavy atom. The van der Waals surface area contributed by atoms with Gasteiger partial charge in [0.15, 0.2) is 0 Å². The van der Waals surface area contributed by atoms with Crippen LogP contribution in [0.5, 0.6) is 0 Å². The van der Waals surface area contributed by atoms with Gasteiger partial charge in [0, 0.05) is 12.5 Å². The van der Waals surface area contributed by atoms with E-state index in [1.807, 2.05) is 0 Å². The first kappa shape index (κ1) is 13.9. The molecule has 2 aliphatic rings. The highest BCUT2D eigenvalue weighted by Gasteiger charge is 2.54. The van der Waals surface area contributed by atoms with Gasteiger partial charge in [-0.1, -0.05) is 51.9 Å². The fourth-order valence-electron chi connectivity index (χ4n) is 3.62. The summed E-state index contributed by atoms with van der Waals surface area (Å²) in [6.45, 7) is 3.15. The normalized spacial score (nSPS) is 29.7. The number of rotatable bonds is 8. The Balaban J connectivity index is 1.48. The molecule has 2 nitrogen and oxygen atoms in total. The van der Waals surface area contributed by atoms with Crippen LogP contribution in [0.15, 0.2) is 0 Å². The zero-order chi connectivity index (χ0) is 12.8. The molecule has 0 bridgehead atoms. The first-order valence-electron chi connectivity index (χ1n) is 8.12. The van der Waals surface area contributed by atoms with Crippen LogP contribution >= 0.6 is 0 Å². The van der Waals surface area contributed by atoms with Gasteiger partial charge in [-0.15, -0.1) is 0 Å². The molecule has 0 heterocycles. The van der Waals surface area contributed by atoms with Gasteiger partial charge < -0.3 is 5.32 Å². The fourth-order valence-corrected chi connectivity index (χ4v) is 3.62. The summed E-state index contributed by atoms with van der Waals surface area (Å²) in [5.41, 5.74) is 0. The third-order valence-electron chi connectivity index (χ3n) is 4.79. The lowest BCUT2D eigenvalue weighted by molar-refractivity contribution is -0.122. The minimum absolute atomic E-state index is 0.362. The average Bonchev–Trinajstić information content (AvgIpc) is 3.12. The van der Waals surface area contributed by atoms with Gasteiger partial charge >= 0.3 is 0 Å². The van der Waals surface area contributed by atoms with E-state index in [1.54, 1.807) is 0 Å². The summed E-state index contributed by atoms with van der Waals surface area (Å²) in [4.78, 5) is 12.0. The molecule has 0 radical (unpaired) electrons. The highest BCUT2D eigenvalue weighted by atomic mass is 16.2. The third-order valence-corrected chi connectivity index (χ3v) is 4.79. The number of fused-ring (bicyclic) bond motifs is 1. The zero-order valence-corrected chi connectivity index (χ0v) is 11.9. The highest BCUT2D eigenvalue weighted by molar-refractivity contribution is 5.82. The smallest absolute Gasteiger partial charge is 0.223 e. The van der Waals surface area contributed by atoms with Crippen LogP contribution in [0, 0.1) is 17.8 Å². The molecule has 2 fully saturated rings. The number of unbranched alkanes of at least 4 members (excludes halogenated alkanes) is 5. The van der Waals surface area contributed by atoms with Crippen LogP contribution < -0.4 is 5.32 Å². The van der Waals surface area contributed by atoms with Gasteiger partial charge in [0.1, 0.15) is 0 Å². The van der Waals surface area contributed by atoms with Crippen molar-refractivity contribution in [2.24, 2.45) is 17.8 Å². The lowest BCUT2D eigenvalue weighted by Crippen LogP contribution is -2.27. The van der Waals surface area contributed by atoms with Crippen LogP contribution in [0.25, 0.3) is 0 Å². The second kappa shape index (κ2) is 7.16. The lowest BCUT2D eigenvalue weighted by Gasteiger charge is -2.04. The molecule has 2 atom stereocenters. The van der Waals surface area contributed by atoms with Crippen molar-refractivity contribution in [1.29, 1.82) is 0 Å². The largest absolute Gasteiger partial charge is 0.356 e. The number of hydrogen-bond donors (Lipinski definition) is 1. The minimum atomic E-state index is 0.362. The van der Waals surface area contributed by atoms with E-state index in [-0.39, 0.29) is 0 Å². The maximum atomic E-state index is 12.0. The van der Waals surface area contributed by atoms with E-state index in [4.69, 9.17) is 0 Å². The Morgan fingerprint density at radius 2 is 1.61 bits per heavy atom. The summed E-state index contributed by atoms with van der Waals surface area (Å²) in [6, 6.07) is 0. The molecule has 0 unspecified atom stereocenters. The van der Waals surface area contributed by atoms with Crippen LogP contribution in [-0.2, 0) is 4.79 Å². The monoisotopic (exact) mass is 251 g/mol. The van der Waals surface area contributed by atoms with Crippen molar-refractivity contribution in [3.63, 3.8) is 0 Å². The van der Waals surface area contributed by atoms with Gasteiger partial charge in [0.25, 0.3) is 0 Å². The summed E-state index contributed by atoms with van der Waals surface area (Å²) in [7, 11) is 0. The minimum Gasteiger partial charge on any atom is -0.356 e. The molecule has 0 saturated heterocycles. The second-order valence-corrected chi connectivity index (χ2v) is 6.20. The molecular formula is C16H29NO. The summed E-state index contributed by atoms with van der Waals surface area (Å²) >= 11 is 0. The van der Waals surface area contributed by atoms with E-state index in [0.29, 0.717) is 11.8 Å². The summed E-state index contributed by atoms with van der Waals surface area (Å²) in [5, 5.41) is 3.15. The van der Waals surface area contributed by atoms with Crippen LogP contribution in [0.3, 0.4) is 0 Å². The number of hydrogen-bond acceptors (Lipinski definition) is 1. The Bertz CT molecular complexity index is 252. The number of carbonyl (C=O) groups is 1. The van der Waals surface area contributed by atoms with Gasteiger partial charge in [0.05, 0.1) is 0 Å². The van der Waals surface area contributed by atoms with Crippen molar-refractivity contribution in [1.82, 2.24) is 5.32 Å². The van der Waals surface area contributed by atoms with E-state index in [1.165, 1.54) is 57.8 Å². The third kappa shape index (κ3) is 3.73. The molecular weight excluding hydrogens is 222 g/mol. The van der Waals surface area contributed by atoms with Crippen LogP contribution in [-0.4, -0.2) is 12.5 Å². The molecule has 0 aromatic carbocycles. The molecule has 1 amide bonds. The molecule has 104 valence electrons. The Morgan fingerprint density at radius 3 is 2.28 bits per heavy atom. The molecule has 2 saturated carbocycles. The molecule has 0 aromatic heterocycles. The van der Waals surface area contributed by atoms with Gasteiger partial charge in [-0.25, -0.2) is 0 Å². The summed E-state index contributed by atoms with van der Waals surface area (Å²) in [5.74, 6) is 2.26. The first-order valence-corrected chi connectivity index (χ1v) is 8.12. The van der Waals surface area contributed by atoms with Crippen molar-refractivity contribution in [2.45, 2.75) is 71.1 Å². The van der Waals surface area contributed by atoms with Gasteiger partial charge in [-0.3, -0.25) is 4.79 Å². The summed E-state index contributed by atoms with van der Waals surface area (Å²) in [6.07, 6.45) is 13.1. The maximum absolute atomic E-state index is 12.0. The average molecular weight is 251 g/mol. The zero-order valence-electron chi connectivity index (χ0n) is 11.9. The van der Waals surface area contributed by atoms with Crippen molar-refractivity contribution < 1.29 is 4.79 Å². The Labute approximate surface area is 112 Å². The van der Waals surface area contributed by atoms with E-state index in [9.17, 15) is 4.79 Å². The highest BCUT2D eigenvalue weighted by Crippen LogP contribution is 2.55. The number of carbonyl (C=O) groups excluding carboxylic acids is 1. The molecule has 0 aliphatic heterocycles. The molecule has 0 spiro atoms. The van der Waals surface area contributed by atoms with Crippen molar-refractivity contribution >= 4 is 5.91 Å². The van der Waals surface area contributed by atoms with Crippen LogP contribution in [0.4, 0.5) is 0 Å². The van der Waals surface area contributed by atoms with Crippen molar-refractivity contribution in [2.75, 3.05) is 6.54 Å². The first-order chi connectivity index (χ1) is 8.84. The summed E-state index contributed by atoms with van der Waals surface area (Å²) < 4.78 is 0. The van der Waals surface area contributed by atoms with Crippen LogP contribution in [0.2, 0.25) is 0 Å². The van der Waals surface area contributed by atoms with Gasteiger partial charge in [-0.2, -0.15) is 0 Å². The lowest BCUT2D eigenvalue weighted by atomic mass is 10.0. The van der Waals surface area contributed by atoms with Crippen LogP contribution in [0.1, 0.15) is 71.1 Å². The standard InChI is InChI=1S/C16H29NO/c1-2-3-4-5-6-9-12-17-16(18)15-13-10-7-8-11-14(13)15/h13-15H,2-12H2,1H3,(H,17,18)/t13-,14-/m1/s1. The number of nitrogens with one attached hydrogen (secondary N) is 1. The van der Waals surface area contributed by atoms with E-state index in [2.05, 4.69) is 12.2 Å². The number of amides is 1. The molecule has 2 aliphatic carbocycles. The van der Waals surface area contributed by atoms with E-state index < -0.39 is 0 Å². The van der Waals surface area contributed by atoms with E-state index >= 15 is 0 Å². The van der Waals surface area contributed by atoms with Crippen molar-refractivity contribution in [3.05, 3.63) is 0 Å². The topological polar surface area (TPSA) is 29.1 Å². The SMILES string of the molecule is CCCCCCCCNC(=O)C1[C@@H]2CCCC[C@@H]12. The quantitative estimate of drug-likeness (QED) is 0.651.